The van der Waals surface area contributed by atoms with Crippen LogP contribution < -0.4 is 5.73 Å². The van der Waals surface area contributed by atoms with Crippen LogP contribution in [0.5, 0.6) is 0 Å². The first-order chi connectivity index (χ1) is 12.6. The van der Waals surface area contributed by atoms with Crippen LogP contribution in [0.25, 0.3) is 11.3 Å². The fraction of sp³-hybridized carbons (Fsp3) is 0.250. The predicted octanol–water partition coefficient (Wildman–Crippen LogP) is 2.90. The number of ketones is 1. The molecule has 26 heavy (non-hydrogen) atoms. The molecule has 1 aromatic carbocycles. The van der Waals surface area contributed by atoms with Crippen LogP contribution in [-0.4, -0.2) is 15.6 Å². The van der Waals surface area contributed by atoms with E-state index in [1.807, 2.05) is 43.4 Å². The van der Waals surface area contributed by atoms with Gasteiger partial charge in [0.05, 0.1) is 17.3 Å². The Hall–Kier alpha value is -3.33. The molecule has 130 valence electrons. The van der Waals surface area contributed by atoms with E-state index in [4.69, 9.17) is 10.5 Å². The first-order valence-corrected chi connectivity index (χ1v) is 8.53. The summed E-state index contributed by atoms with van der Waals surface area (Å²) in [6, 6.07) is 13.8. The van der Waals surface area contributed by atoms with Crippen molar-refractivity contribution in [3.05, 3.63) is 64.9 Å². The Morgan fingerprint density at radius 2 is 2.08 bits per heavy atom. The zero-order chi connectivity index (χ0) is 18.3. The fourth-order valence-corrected chi connectivity index (χ4v) is 3.65. The van der Waals surface area contributed by atoms with Gasteiger partial charge in [0.1, 0.15) is 17.4 Å². The molecule has 0 fully saturated rings. The highest BCUT2D eigenvalue weighted by Crippen LogP contribution is 2.43. The van der Waals surface area contributed by atoms with Crippen LogP contribution in [0.2, 0.25) is 0 Å². The van der Waals surface area contributed by atoms with Gasteiger partial charge in [0.15, 0.2) is 5.78 Å². The number of benzene rings is 1. The molecular weight excluding hydrogens is 328 g/mol. The topological polar surface area (TPSA) is 93.9 Å². The van der Waals surface area contributed by atoms with E-state index in [1.165, 1.54) is 0 Å². The van der Waals surface area contributed by atoms with Gasteiger partial charge in [-0.25, -0.2) is 0 Å². The maximum atomic E-state index is 12.6. The molecule has 0 radical (unpaired) electrons. The van der Waals surface area contributed by atoms with E-state index in [9.17, 15) is 10.1 Å². The van der Waals surface area contributed by atoms with E-state index in [0.717, 1.165) is 23.4 Å². The Morgan fingerprint density at radius 1 is 1.31 bits per heavy atom. The molecule has 4 rings (SSSR count). The maximum Gasteiger partial charge on any atom is 0.205 e. The van der Waals surface area contributed by atoms with Gasteiger partial charge in [-0.3, -0.25) is 9.48 Å². The molecule has 2 aromatic rings. The largest absolute Gasteiger partial charge is 0.444 e. The van der Waals surface area contributed by atoms with Gasteiger partial charge in [0, 0.05) is 31.0 Å². The summed E-state index contributed by atoms with van der Waals surface area (Å²) in [6.07, 6.45) is 1.85. The van der Waals surface area contributed by atoms with Crippen molar-refractivity contribution < 1.29 is 9.53 Å². The average molecular weight is 346 g/mol. The molecule has 1 atom stereocenters. The second-order valence-corrected chi connectivity index (χ2v) is 6.48. The van der Waals surface area contributed by atoms with Crippen molar-refractivity contribution in [2.24, 2.45) is 12.8 Å². The standard InChI is InChI=1S/C20H18N4O2/c1-24-15(10-14(23-24)12-6-3-2-4-7-12)18-13(11-21)20(22)26-17-9-5-8-16(25)19(17)18/h2-4,6-7,10,18H,5,8-9,22H2,1H3/t18-/m1/s1. The molecule has 0 bridgehead atoms. The molecule has 0 amide bonds. The molecule has 6 heteroatoms. The summed E-state index contributed by atoms with van der Waals surface area (Å²) >= 11 is 0. The number of nitrogens with two attached hydrogens (primary N) is 1. The fourth-order valence-electron chi connectivity index (χ4n) is 3.65. The zero-order valence-electron chi connectivity index (χ0n) is 14.4. The first-order valence-electron chi connectivity index (χ1n) is 8.53. The summed E-state index contributed by atoms with van der Waals surface area (Å²) in [6.45, 7) is 0. The molecule has 0 unspecified atom stereocenters. The lowest BCUT2D eigenvalue weighted by Crippen LogP contribution is -2.28. The number of carbonyl (C=O) groups excluding carboxylic acids is 1. The summed E-state index contributed by atoms with van der Waals surface area (Å²) in [7, 11) is 1.82. The molecule has 1 aliphatic heterocycles. The van der Waals surface area contributed by atoms with Gasteiger partial charge in [-0.15, -0.1) is 0 Å². The van der Waals surface area contributed by atoms with E-state index < -0.39 is 5.92 Å². The summed E-state index contributed by atoms with van der Waals surface area (Å²) in [5.74, 6) is 0.143. The first kappa shape index (κ1) is 16.2. The number of carbonyl (C=O) groups is 1. The van der Waals surface area contributed by atoms with Crippen LogP contribution in [0, 0.1) is 11.3 Å². The van der Waals surface area contributed by atoms with Crippen molar-refractivity contribution in [2.45, 2.75) is 25.2 Å². The number of nitrogens with zero attached hydrogens (tertiary/aromatic N) is 3. The van der Waals surface area contributed by atoms with Crippen molar-refractivity contribution in [3.63, 3.8) is 0 Å². The number of rotatable bonds is 2. The Bertz CT molecular complexity index is 993. The van der Waals surface area contributed by atoms with Gasteiger partial charge < -0.3 is 10.5 Å². The summed E-state index contributed by atoms with van der Waals surface area (Å²) < 4.78 is 7.33. The Morgan fingerprint density at radius 3 is 2.81 bits per heavy atom. The maximum absolute atomic E-state index is 12.6. The van der Waals surface area contributed by atoms with Gasteiger partial charge in [-0.1, -0.05) is 30.3 Å². The minimum Gasteiger partial charge on any atom is -0.444 e. The van der Waals surface area contributed by atoms with Crippen LogP contribution in [0.15, 0.2) is 59.2 Å². The third-order valence-electron chi connectivity index (χ3n) is 4.89. The summed E-state index contributed by atoms with van der Waals surface area (Å²) in [5, 5.41) is 14.2. The van der Waals surface area contributed by atoms with Crippen molar-refractivity contribution in [3.8, 4) is 17.3 Å². The Kier molecular flexibility index (Phi) is 3.85. The number of aryl methyl sites for hydroxylation is 1. The van der Waals surface area contributed by atoms with Crippen LogP contribution >= 0.6 is 0 Å². The van der Waals surface area contributed by atoms with Crippen LogP contribution in [-0.2, 0) is 16.6 Å². The van der Waals surface area contributed by atoms with Gasteiger partial charge in [-0.05, 0) is 12.5 Å². The number of nitriles is 1. The number of allylic oxidation sites excluding steroid dienone is 3. The summed E-state index contributed by atoms with van der Waals surface area (Å²) in [5.41, 5.74) is 9.33. The van der Waals surface area contributed by atoms with Crippen LogP contribution in [0.3, 0.4) is 0 Å². The number of Topliss-reactive ketones (excluding diaryl/α,β-unsaturated/α-hetero) is 1. The predicted molar refractivity (Wildman–Crippen MR) is 95.2 cm³/mol. The average Bonchev–Trinajstić information content (AvgIpc) is 3.03. The molecular formula is C20H18N4O2. The van der Waals surface area contributed by atoms with Crippen molar-refractivity contribution in [2.75, 3.05) is 0 Å². The number of hydrogen-bond acceptors (Lipinski definition) is 5. The number of ether oxygens (including phenoxy) is 1. The normalized spacial score (nSPS) is 19.8. The van der Waals surface area contributed by atoms with Crippen molar-refractivity contribution in [1.82, 2.24) is 9.78 Å². The van der Waals surface area contributed by atoms with E-state index in [0.29, 0.717) is 24.2 Å². The molecule has 2 N–H and O–H groups in total. The molecule has 2 aliphatic rings. The lowest BCUT2D eigenvalue weighted by atomic mass is 9.79. The Balaban J connectivity index is 1.88. The van der Waals surface area contributed by atoms with Gasteiger partial charge >= 0.3 is 0 Å². The third kappa shape index (κ3) is 2.49. The second-order valence-electron chi connectivity index (χ2n) is 6.48. The van der Waals surface area contributed by atoms with E-state index >= 15 is 0 Å². The molecule has 2 heterocycles. The quantitative estimate of drug-likeness (QED) is 0.902. The monoisotopic (exact) mass is 346 g/mol. The van der Waals surface area contributed by atoms with Crippen LogP contribution in [0.1, 0.15) is 30.9 Å². The minimum atomic E-state index is -0.536. The lowest BCUT2D eigenvalue weighted by Gasteiger charge is -2.30. The van der Waals surface area contributed by atoms with E-state index in [2.05, 4.69) is 11.2 Å². The molecule has 0 spiro atoms. The third-order valence-corrected chi connectivity index (χ3v) is 4.89. The second kappa shape index (κ2) is 6.19. The van der Waals surface area contributed by atoms with Gasteiger partial charge in [0.25, 0.3) is 0 Å². The van der Waals surface area contributed by atoms with E-state index in [-0.39, 0.29) is 17.2 Å². The number of hydrogen-bond donors (Lipinski definition) is 1. The van der Waals surface area contributed by atoms with Gasteiger partial charge in [0.2, 0.25) is 5.88 Å². The smallest absolute Gasteiger partial charge is 0.205 e. The van der Waals surface area contributed by atoms with Gasteiger partial charge in [-0.2, -0.15) is 10.4 Å². The number of aromatic nitrogens is 2. The van der Waals surface area contributed by atoms with E-state index in [1.54, 1.807) is 4.68 Å². The van der Waals surface area contributed by atoms with Crippen molar-refractivity contribution in [1.29, 1.82) is 5.26 Å². The van der Waals surface area contributed by atoms with Crippen molar-refractivity contribution >= 4 is 5.78 Å². The highest BCUT2D eigenvalue weighted by atomic mass is 16.5. The zero-order valence-corrected chi connectivity index (χ0v) is 14.4. The Labute approximate surface area is 151 Å². The summed E-state index contributed by atoms with van der Waals surface area (Å²) in [4.78, 5) is 12.6. The molecule has 6 nitrogen and oxygen atoms in total. The molecule has 0 saturated carbocycles. The SMILES string of the molecule is Cn1nc(-c2ccccc2)cc1[C@H]1C(C#N)=C(N)OC2=C1C(=O)CCC2. The highest BCUT2D eigenvalue weighted by Gasteiger charge is 2.39. The molecule has 1 aliphatic carbocycles. The lowest BCUT2D eigenvalue weighted by molar-refractivity contribution is -0.116. The highest BCUT2D eigenvalue weighted by molar-refractivity contribution is 5.99. The van der Waals surface area contributed by atoms with Crippen LogP contribution in [0.4, 0.5) is 0 Å². The molecule has 1 aromatic heterocycles. The molecule has 0 saturated heterocycles. The minimum absolute atomic E-state index is 0.0129.